The second-order valence-corrected chi connectivity index (χ2v) is 8.26. The molecule has 2 N–H and O–H groups in total. The third-order valence-electron chi connectivity index (χ3n) is 5.05. The largest absolute Gasteiger partial charge is 0.467 e. The van der Waals surface area contributed by atoms with Crippen LogP contribution < -0.4 is 10.6 Å². The number of esters is 1. The van der Waals surface area contributed by atoms with E-state index in [0.29, 0.717) is 22.8 Å². The first-order valence-electron chi connectivity index (χ1n) is 10.2. The number of thioether (sulfide) groups is 1. The van der Waals surface area contributed by atoms with Gasteiger partial charge in [-0.3, -0.25) is 4.57 Å². The van der Waals surface area contributed by atoms with E-state index < -0.39 is 18.0 Å². The van der Waals surface area contributed by atoms with Crippen LogP contribution in [0.25, 0.3) is 5.69 Å². The molecule has 0 saturated carbocycles. The summed E-state index contributed by atoms with van der Waals surface area (Å²) in [6, 6.07) is 8.53. The summed E-state index contributed by atoms with van der Waals surface area (Å²) >= 11 is 1.42. The smallest absolute Gasteiger partial charge is 0.338 e. The summed E-state index contributed by atoms with van der Waals surface area (Å²) in [6.45, 7) is 6.05. The van der Waals surface area contributed by atoms with Crippen molar-refractivity contribution in [2.24, 2.45) is 0 Å². The zero-order valence-electron chi connectivity index (χ0n) is 18.0. The van der Waals surface area contributed by atoms with Gasteiger partial charge < -0.3 is 19.8 Å². The number of hydrogen-bond acceptors (Lipinski definition) is 6. The molecule has 1 aliphatic heterocycles. The lowest BCUT2D eigenvalue weighted by atomic mass is 10.0. The van der Waals surface area contributed by atoms with Gasteiger partial charge in [0.25, 0.3) is 0 Å². The Morgan fingerprint density at radius 1 is 1.31 bits per heavy atom. The molecule has 0 spiro atoms. The van der Waals surface area contributed by atoms with Crippen molar-refractivity contribution in [2.75, 3.05) is 12.4 Å². The molecule has 4 rings (SSSR count). The Labute approximate surface area is 190 Å². The van der Waals surface area contributed by atoms with E-state index in [4.69, 9.17) is 9.15 Å². The molecule has 2 amide bonds. The van der Waals surface area contributed by atoms with Crippen LogP contribution in [0, 0.1) is 13.8 Å². The lowest BCUT2D eigenvalue weighted by molar-refractivity contribution is -0.139. The average Bonchev–Trinajstić information content (AvgIpc) is 3.46. The molecular weight excluding hydrogens is 428 g/mol. The van der Waals surface area contributed by atoms with Gasteiger partial charge in [0.1, 0.15) is 11.8 Å². The van der Waals surface area contributed by atoms with Gasteiger partial charge in [-0.15, -0.1) is 0 Å². The Morgan fingerprint density at radius 2 is 2.16 bits per heavy atom. The number of furan rings is 1. The fraction of sp³-hybridized carbons (Fsp3) is 0.261. The van der Waals surface area contributed by atoms with Crippen LogP contribution in [0.1, 0.15) is 29.9 Å². The van der Waals surface area contributed by atoms with Crippen molar-refractivity contribution in [3.8, 4) is 5.69 Å². The number of amides is 2. The van der Waals surface area contributed by atoms with E-state index in [2.05, 4.69) is 33.8 Å². The summed E-state index contributed by atoms with van der Waals surface area (Å²) in [6.07, 6.45) is 5.14. The van der Waals surface area contributed by atoms with Crippen molar-refractivity contribution in [3.63, 3.8) is 0 Å². The maximum Gasteiger partial charge on any atom is 0.338 e. The minimum atomic E-state index is -0.729. The molecule has 166 valence electrons. The number of benzene rings is 1. The van der Waals surface area contributed by atoms with Crippen LogP contribution in [0.15, 0.2) is 69.8 Å². The Hall–Kier alpha value is -3.46. The van der Waals surface area contributed by atoms with Gasteiger partial charge in [0.15, 0.2) is 5.16 Å². The fourth-order valence-electron chi connectivity index (χ4n) is 3.55. The highest BCUT2D eigenvalue weighted by Crippen LogP contribution is 2.31. The predicted molar refractivity (Wildman–Crippen MR) is 121 cm³/mol. The molecule has 3 heterocycles. The van der Waals surface area contributed by atoms with Crippen LogP contribution in [0.2, 0.25) is 0 Å². The SMILES string of the molecule is CCOC(=O)C1=C(CSc2nccn2-c2cc(C)ccc2C)NC(=O)N[C@H]1c1ccco1. The zero-order valence-corrected chi connectivity index (χ0v) is 18.9. The summed E-state index contributed by atoms with van der Waals surface area (Å²) < 4.78 is 12.8. The number of nitrogens with one attached hydrogen (secondary N) is 2. The maximum absolute atomic E-state index is 12.8. The molecule has 1 aromatic carbocycles. The third kappa shape index (κ3) is 4.43. The van der Waals surface area contributed by atoms with Crippen LogP contribution >= 0.6 is 11.8 Å². The minimum absolute atomic E-state index is 0.221. The summed E-state index contributed by atoms with van der Waals surface area (Å²) in [5.74, 6) is 0.276. The van der Waals surface area contributed by atoms with Gasteiger partial charge in [-0.1, -0.05) is 23.9 Å². The van der Waals surface area contributed by atoms with Crippen molar-refractivity contribution in [3.05, 3.63) is 77.1 Å². The molecule has 9 heteroatoms. The van der Waals surface area contributed by atoms with E-state index in [0.717, 1.165) is 22.0 Å². The highest BCUT2D eigenvalue weighted by molar-refractivity contribution is 7.99. The van der Waals surface area contributed by atoms with Crippen molar-refractivity contribution in [1.82, 2.24) is 20.2 Å². The molecule has 0 unspecified atom stereocenters. The van der Waals surface area contributed by atoms with Crippen LogP contribution in [0.4, 0.5) is 4.79 Å². The van der Waals surface area contributed by atoms with Crippen LogP contribution in [-0.4, -0.2) is 33.9 Å². The van der Waals surface area contributed by atoms with Gasteiger partial charge in [0, 0.05) is 23.8 Å². The summed E-state index contributed by atoms with van der Waals surface area (Å²) in [4.78, 5) is 29.6. The molecular formula is C23H24N4O4S. The molecule has 2 aromatic heterocycles. The molecule has 0 bridgehead atoms. The van der Waals surface area contributed by atoms with E-state index in [1.54, 1.807) is 25.3 Å². The second-order valence-electron chi connectivity index (χ2n) is 7.32. The van der Waals surface area contributed by atoms with Crippen LogP contribution in [0.5, 0.6) is 0 Å². The Balaban J connectivity index is 1.67. The van der Waals surface area contributed by atoms with E-state index in [-0.39, 0.29) is 6.61 Å². The minimum Gasteiger partial charge on any atom is -0.467 e. The number of imidazole rings is 1. The second kappa shape index (κ2) is 9.35. The number of carbonyl (C=O) groups is 2. The van der Waals surface area contributed by atoms with E-state index in [1.807, 2.05) is 24.6 Å². The Morgan fingerprint density at radius 3 is 2.91 bits per heavy atom. The summed E-state index contributed by atoms with van der Waals surface area (Å²) in [7, 11) is 0. The van der Waals surface area contributed by atoms with Gasteiger partial charge in [-0.05, 0) is 50.1 Å². The molecule has 0 saturated heterocycles. The van der Waals surface area contributed by atoms with Crippen LogP contribution in [0.3, 0.4) is 0 Å². The summed E-state index contributed by atoms with van der Waals surface area (Å²) in [5, 5.41) is 6.27. The lowest BCUT2D eigenvalue weighted by Gasteiger charge is -2.27. The van der Waals surface area contributed by atoms with Crippen LogP contribution in [-0.2, 0) is 9.53 Å². The molecule has 0 fully saturated rings. The molecule has 1 atom stereocenters. The van der Waals surface area contributed by atoms with Crippen molar-refractivity contribution in [1.29, 1.82) is 0 Å². The normalized spacial score (nSPS) is 16.0. The number of nitrogens with zero attached hydrogens (tertiary/aromatic N) is 2. The number of ether oxygens (including phenoxy) is 1. The zero-order chi connectivity index (χ0) is 22.7. The monoisotopic (exact) mass is 452 g/mol. The molecule has 8 nitrogen and oxygen atoms in total. The first-order chi connectivity index (χ1) is 15.5. The lowest BCUT2D eigenvalue weighted by Crippen LogP contribution is -2.46. The molecule has 0 radical (unpaired) electrons. The third-order valence-corrected chi connectivity index (χ3v) is 6.05. The molecule has 1 aliphatic rings. The Bertz CT molecular complexity index is 1170. The van der Waals surface area contributed by atoms with Gasteiger partial charge >= 0.3 is 12.0 Å². The van der Waals surface area contributed by atoms with E-state index in [9.17, 15) is 9.59 Å². The number of urea groups is 1. The standard InChI is InChI=1S/C23H24N4O4S/c1-4-30-21(28)19-16(25-22(29)26-20(19)18-6-5-11-31-18)13-32-23-24-9-10-27(23)17-12-14(2)7-8-15(17)3/h5-12,20H,4,13H2,1-3H3,(H2,25,26,29)/t20-/m0/s1. The quantitative estimate of drug-likeness (QED) is 0.415. The highest BCUT2D eigenvalue weighted by Gasteiger charge is 2.35. The van der Waals surface area contributed by atoms with Crippen molar-refractivity contribution in [2.45, 2.75) is 32.0 Å². The van der Waals surface area contributed by atoms with Gasteiger partial charge in [-0.25, -0.2) is 14.6 Å². The Kier molecular flexibility index (Phi) is 6.36. The fourth-order valence-corrected chi connectivity index (χ4v) is 4.48. The van der Waals surface area contributed by atoms with Crippen molar-refractivity contribution >= 4 is 23.8 Å². The van der Waals surface area contributed by atoms with Gasteiger partial charge in [0.2, 0.25) is 0 Å². The summed E-state index contributed by atoms with van der Waals surface area (Å²) in [5.41, 5.74) is 4.09. The number of aryl methyl sites for hydroxylation is 2. The topological polar surface area (TPSA) is 98.4 Å². The van der Waals surface area contributed by atoms with E-state index in [1.165, 1.54) is 18.0 Å². The first-order valence-corrected chi connectivity index (χ1v) is 11.2. The number of rotatable bonds is 7. The average molecular weight is 453 g/mol. The first kappa shape index (κ1) is 21.8. The molecule has 3 aromatic rings. The number of aromatic nitrogens is 2. The maximum atomic E-state index is 12.8. The molecule has 0 aliphatic carbocycles. The molecule has 32 heavy (non-hydrogen) atoms. The van der Waals surface area contributed by atoms with Crippen molar-refractivity contribution < 1.29 is 18.7 Å². The predicted octanol–water partition coefficient (Wildman–Crippen LogP) is 4.05. The van der Waals surface area contributed by atoms with Gasteiger partial charge in [-0.2, -0.15) is 0 Å². The van der Waals surface area contributed by atoms with E-state index >= 15 is 0 Å². The van der Waals surface area contributed by atoms with Gasteiger partial charge in [0.05, 0.1) is 24.1 Å². The number of hydrogen-bond donors (Lipinski definition) is 2. The number of carbonyl (C=O) groups excluding carboxylic acids is 2. The highest BCUT2D eigenvalue weighted by atomic mass is 32.2.